The van der Waals surface area contributed by atoms with Gasteiger partial charge in [-0.25, -0.2) is 9.67 Å². The molecular formula is C22H26ClN7S. The summed E-state index contributed by atoms with van der Waals surface area (Å²) >= 11 is 11.7. The van der Waals surface area contributed by atoms with Gasteiger partial charge in [-0.2, -0.15) is 5.10 Å². The zero-order chi connectivity index (χ0) is 22.0. The number of halogens is 1. The minimum atomic E-state index is 0.515. The third-order valence-electron chi connectivity index (χ3n) is 5.36. The second-order valence-corrected chi connectivity index (χ2v) is 8.52. The Hall–Kier alpha value is -2.68. The molecule has 0 saturated carbocycles. The van der Waals surface area contributed by atoms with E-state index in [-0.39, 0.29) is 0 Å². The van der Waals surface area contributed by atoms with Crippen LogP contribution in [0.3, 0.4) is 0 Å². The predicted molar refractivity (Wildman–Crippen MR) is 132 cm³/mol. The standard InChI is InChI=1S/C22H26ClN7S/c1-14-18(6-7-20(27-14)29(3)9-8-24-2)25-13-30-22-15(12-26-30)10-21(31)28-19-11-16(23)4-5-17(19)22/h4-7,11-12,24-25H,8-10,13H2,1-3H3,(H,28,31). The van der Waals surface area contributed by atoms with Gasteiger partial charge in [-0.1, -0.05) is 23.8 Å². The second kappa shape index (κ2) is 9.21. The number of pyridine rings is 1. The number of rotatable bonds is 7. The van der Waals surface area contributed by atoms with Crippen LogP contribution in [0.1, 0.15) is 11.3 Å². The lowest BCUT2D eigenvalue weighted by molar-refractivity contribution is 0.676. The molecule has 0 aliphatic carbocycles. The Balaban J connectivity index is 1.56. The monoisotopic (exact) mass is 455 g/mol. The molecule has 0 unspecified atom stereocenters. The first-order valence-corrected chi connectivity index (χ1v) is 11.0. The SMILES string of the molecule is CNCCN(C)c1ccc(NCn2ncc3c2-c2ccc(Cl)cc2NC(=S)C3)c(C)n1. The highest BCUT2D eigenvalue weighted by Crippen LogP contribution is 2.36. The molecule has 0 amide bonds. The van der Waals surface area contributed by atoms with Crippen LogP contribution in [0.5, 0.6) is 0 Å². The van der Waals surface area contributed by atoms with E-state index in [4.69, 9.17) is 28.8 Å². The molecule has 9 heteroatoms. The number of nitrogens with one attached hydrogen (secondary N) is 3. The van der Waals surface area contributed by atoms with Gasteiger partial charge in [0.25, 0.3) is 0 Å². The topological polar surface area (TPSA) is 70.0 Å². The molecule has 2 aromatic heterocycles. The molecule has 0 atom stereocenters. The van der Waals surface area contributed by atoms with Crippen molar-refractivity contribution in [3.8, 4) is 11.3 Å². The van der Waals surface area contributed by atoms with Crippen molar-refractivity contribution in [3.05, 3.63) is 52.8 Å². The summed E-state index contributed by atoms with van der Waals surface area (Å²) in [5.41, 5.74) is 6.01. The molecule has 31 heavy (non-hydrogen) atoms. The maximum absolute atomic E-state index is 6.21. The Labute approximate surface area is 192 Å². The maximum atomic E-state index is 6.21. The minimum Gasteiger partial charge on any atom is -0.365 e. The molecule has 1 aliphatic heterocycles. The Kier molecular flexibility index (Phi) is 6.41. The summed E-state index contributed by atoms with van der Waals surface area (Å²) in [5, 5.41) is 15.2. The molecule has 1 aromatic carbocycles. The first-order chi connectivity index (χ1) is 15.0. The van der Waals surface area contributed by atoms with Gasteiger partial charge in [0.1, 0.15) is 12.5 Å². The fourth-order valence-corrected chi connectivity index (χ4v) is 4.12. The van der Waals surface area contributed by atoms with E-state index in [1.165, 1.54) is 0 Å². The van der Waals surface area contributed by atoms with Gasteiger partial charge in [0.05, 0.1) is 28.3 Å². The molecular weight excluding hydrogens is 430 g/mol. The van der Waals surface area contributed by atoms with Gasteiger partial charge in [0, 0.05) is 48.4 Å². The number of hydrogen-bond acceptors (Lipinski definition) is 6. The zero-order valence-electron chi connectivity index (χ0n) is 17.9. The first kappa shape index (κ1) is 21.5. The fraction of sp³-hybridized carbons (Fsp3) is 0.318. The molecule has 4 rings (SSSR count). The van der Waals surface area contributed by atoms with E-state index in [0.29, 0.717) is 18.1 Å². The fourth-order valence-electron chi connectivity index (χ4n) is 3.68. The summed E-state index contributed by atoms with van der Waals surface area (Å²) in [6, 6.07) is 9.91. The number of anilines is 3. The van der Waals surface area contributed by atoms with Crippen LogP contribution in [0.25, 0.3) is 11.3 Å². The van der Waals surface area contributed by atoms with Crippen LogP contribution in [0, 0.1) is 6.92 Å². The van der Waals surface area contributed by atoms with E-state index in [9.17, 15) is 0 Å². The van der Waals surface area contributed by atoms with Crippen molar-refractivity contribution >= 4 is 46.0 Å². The normalized spacial score (nSPS) is 12.6. The van der Waals surface area contributed by atoms with E-state index in [1.807, 2.05) is 56.2 Å². The predicted octanol–water partition coefficient (Wildman–Crippen LogP) is 3.93. The molecule has 0 fully saturated rings. The summed E-state index contributed by atoms with van der Waals surface area (Å²) in [7, 11) is 4.00. The van der Waals surface area contributed by atoms with E-state index in [1.54, 1.807) is 0 Å². The second-order valence-electron chi connectivity index (χ2n) is 7.60. The number of hydrogen-bond donors (Lipinski definition) is 3. The summed E-state index contributed by atoms with van der Waals surface area (Å²) in [5.74, 6) is 0.955. The van der Waals surface area contributed by atoms with Crippen LogP contribution in [0.4, 0.5) is 17.2 Å². The molecule has 3 heterocycles. The van der Waals surface area contributed by atoms with E-state index >= 15 is 0 Å². The van der Waals surface area contributed by atoms with Crippen LogP contribution in [0.15, 0.2) is 36.5 Å². The molecule has 3 N–H and O–H groups in total. The molecule has 0 saturated heterocycles. The molecule has 0 bridgehead atoms. The highest BCUT2D eigenvalue weighted by molar-refractivity contribution is 7.80. The smallest absolute Gasteiger partial charge is 0.128 e. The number of fused-ring (bicyclic) bond motifs is 3. The Morgan fingerprint density at radius 3 is 2.90 bits per heavy atom. The summed E-state index contributed by atoms with van der Waals surface area (Å²) in [6.07, 6.45) is 2.53. The molecule has 3 aromatic rings. The molecule has 162 valence electrons. The Morgan fingerprint density at radius 2 is 2.13 bits per heavy atom. The number of likely N-dealkylation sites (N-methyl/N-ethyl adjacent to an activating group) is 2. The van der Waals surface area contributed by atoms with Crippen LogP contribution in [-0.2, 0) is 13.1 Å². The van der Waals surface area contributed by atoms with Crippen molar-refractivity contribution in [2.45, 2.75) is 20.0 Å². The molecule has 1 aliphatic rings. The van der Waals surface area contributed by atoms with Crippen LogP contribution in [-0.4, -0.2) is 46.9 Å². The van der Waals surface area contributed by atoms with Crippen molar-refractivity contribution in [3.63, 3.8) is 0 Å². The average molecular weight is 456 g/mol. The van der Waals surface area contributed by atoms with E-state index < -0.39 is 0 Å². The Morgan fingerprint density at radius 1 is 1.29 bits per heavy atom. The molecule has 7 nitrogen and oxygen atoms in total. The van der Waals surface area contributed by atoms with Crippen molar-refractivity contribution in [1.29, 1.82) is 0 Å². The van der Waals surface area contributed by atoms with E-state index in [0.717, 1.165) is 57.8 Å². The largest absolute Gasteiger partial charge is 0.365 e. The van der Waals surface area contributed by atoms with Crippen LogP contribution in [0.2, 0.25) is 5.02 Å². The summed E-state index contributed by atoms with van der Waals surface area (Å²) < 4.78 is 1.96. The molecule has 0 radical (unpaired) electrons. The minimum absolute atomic E-state index is 0.515. The number of nitrogens with zero attached hydrogens (tertiary/aromatic N) is 4. The van der Waals surface area contributed by atoms with Crippen molar-refractivity contribution in [1.82, 2.24) is 20.1 Å². The lowest BCUT2D eigenvalue weighted by Gasteiger charge is -2.20. The lowest BCUT2D eigenvalue weighted by atomic mass is 10.1. The summed E-state index contributed by atoms with van der Waals surface area (Å²) in [6.45, 7) is 4.34. The van der Waals surface area contributed by atoms with Gasteiger partial charge in [-0.3, -0.25) is 0 Å². The van der Waals surface area contributed by atoms with Crippen molar-refractivity contribution in [2.75, 3.05) is 42.7 Å². The maximum Gasteiger partial charge on any atom is 0.128 e. The Bertz CT molecular complexity index is 1110. The van der Waals surface area contributed by atoms with Crippen molar-refractivity contribution < 1.29 is 0 Å². The summed E-state index contributed by atoms with van der Waals surface area (Å²) in [4.78, 5) is 7.64. The quantitative estimate of drug-likeness (QED) is 0.466. The van der Waals surface area contributed by atoms with Gasteiger partial charge >= 0.3 is 0 Å². The van der Waals surface area contributed by atoms with Gasteiger partial charge in [-0.15, -0.1) is 0 Å². The van der Waals surface area contributed by atoms with Crippen LogP contribution >= 0.6 is 23.8 Å². The zero-order valence-corrected chi connectivity index (χ0v) is 19.4. The van der Waals surface area contributed by atoms with Crippen molar-refractivity contribution in [2.24, 2.45) is 0 Å². The highest BCUT2D eigenvalue weighted by atomic mass is 35.5. The third-order valence-corrected chi connectivity index (χ3v) is 5.84. The third kappa shape index (κ3) is 4.66. The lowest BCUT2D eigenvalue weighted by Crippen LogP contribution is -2.27. The highest BCUT2D eigenvalue weighted by Gasteiger charge is 2.21. The van der Waals surface area contributed by atoms with Gasteiger partial charge in [0.2, 0.25) is 0 Å². The number of aryl methyl sites for hydroxylation is 1. The first-order valence-electron chi connectivity index (χ1n) is 10.2. The number of aromatic nitrogens is 3. The number of thiocarbonyl (C=S) groups is 1. The average Bonchev–Trinajstić information content (AvgIpc) is 3.06. The number of benzene rings is 1. The molecule has 0 spiro atoms. The van der Waals surface area contributed by atoms with Gasteiger partial charge < -0.3 is 20.9 Å². The van der Waals surface area contributed by atoms with Gasteiger partial charge in [0.15, 0.2) is 0 Å². The van der Waals surface area contributed by atoms with Crippen LogP contribution < -0.4 is 20.9 Å². The van der Waals surface area contributed by atoms with E-state index in [2.05, 4.69) is 32.0 Å². The van der Waals surface area contributed by atoms with Gasteiger partial charge in [-0.05, 0) is 44.3 Å².